The number of para-hydroxylation sites is 2. The van der Waals surface area contributed by atoms with Gasteiger partial charge in [0.25, 0.3) is 5.91 Å². The molecule has 1 saturated heterocycles. The first-order valence-corrected chi connectivity index (χ1v) is 8.84. The molecule has 0 spiro atoms. The van der Waals surface area contributed by atoms with Gasteiger partial charge < -0.3 is 14.6 Å². The maximum atomic E-state index is 12.8. The van der Waals surface area contributed by atoms with Crippen LogP contribution in [0.2, 0.25) is 0 Å². The first-order valence-electron chi connectivity index (χ1n) is 8.84. The fourth-order valence-electron chi connectivity index (χ4n) is 3.38. The Labute approximate surface area is 151 Å². The van der Waals surface area contributed by atoms with Crippen molar-refractivity contribution in [3.63, 3.8) is 0 Å². The standard InChI is InChI=1S/C21H20N2O3/c24-20(22-17-9-2-1-3-10-17)16-8-6-12-23(14-16)21(25)19-13-15-7-4-5-11-18(15)26-19/h1-5,7,9-11,13,16H,6,8,12,14H2,(H,22,24). The summed E-state index contributed by atoms with van der Waals surface area (Å²) in [4.78, 5) is 27.1. The Bertz CT molecular complexity index is 900. The molecule has 1 fully saturated rings. The monoisotopic (exact) mass is 348 g/mol. The Morgan fingerprint density at radius 2 is 1.81 bits per heavy atom. The number of nitrogens with zero attached hydrogens (tertiary/aromatic N) is 1. The molecule has 132 valence electrons. The van der Waals surface area contributed by atoms with Gasteiger partial charge in [0.05, 0.1) is 5.92 Å². The summed E-state index contributed by atoms with van der Waals surface area (Å²) in [6.45, 7) is 1.06. The maximum absolute atomic E-state index is 12.8. The van der Waals surface area contributed by atoms with Crippen LogP contribution >= 0.6 is 0 Å². The number of furan rings is 1. The van der Waals surface area contributed by atoms with E-state index < -0.39 is 0 Å². The molecule has 0 bridgehead atoms. The van der Waals surface area contributed by atoms with Crippen LogP contribution in [-0.4, -0.2) is 29.8 Å². The predicted octanol–water partition coefficient (Wildman–Crippen LogP) is 3.92. The predicted molar refractivity (Wildman–Crippen MR) is 99.9 cm³/mol. The van der Waals surface area contributed by atoms with Crippen LogP contribution < -0.4 is 5.32 Å². The van der Waals surface area contributed by atoms with Crippen molar-refractivity contribution in [3.05, 3.63) is 66.4 Å². The molecule has 2 heterocycles. The van der Waals surface area contributed by atoms with Crippen LogP contribution in [0.4, 0.5) is 5.69 Å². The molecule has 0 aliphatic carbocycles. The highest BCUT2D eigenvalue weighted by Gasteiger charge is 2.30. The normalized spacial score (nSPS) is 17.2. The molecule has 26 heavy (non-hydrogen) atoms. The van der Waals surface area contributed by atoms with Crippen molar-refractivity contribution < 1.29 is 14.0 Å². The van der Waals surface area contributed by atoms with Gasteiger partial charge in [-0.25, -0.2) is 0 Å². The third-order valence-electron chi connectivity index (χ3n) is 4.76. The number of hydrogen-bond donors (Lipinski definition) is 1. The van der Waals surface area contributed by atoms with Gasteiger partial charge in [-0.05, 0) is 37.1 Å². The number of carbonyl (C=O) groups is 2. The van der Waals surface area contributed by atoms with Gasteiger partial charge in [0.2, 0.25) is 5.91 Å². The average Bonchev–Trinajstić information content (AvgIpc) is 3.12. The van der Waals surface area contributed by atoms with Gasteiger partial charge in [0.1, 0.15) is 5.58 Å². The first kappa shape index (κ1) is 16.4. The number of fused-ring (bicyclic) bond motifs is 1. The van der Waals surface area contributed by atoms with E-state index in [9.17, 15) is 9.59 Å². The lowest BCUT2D eigenvalue weighted by Crippen LogP contribution is -2.43. The molecule has 1 aliphatic rings. The van der Waals surface area contributed by atoms with Crippen molar-refractivity contribution in [1.82, 2.24) is 4.90 Å². The second kappa shape index (κ2) is 7.04. The molecule has 1 atom stereocenters. The highest BCUT2D eigenvalue weighted by molar-refractivity contribution is 5.97. The Kier molecular flexibility index (Phi) is 4.44. The third kappa shape index (κ3) is 3.33. The van der Waals surface area contributed by atoms with E-state index in [0.717, 1.165) is 23.9 Å². The number of likely N-dealkylation sites (tertiary alicyclic amines) is 1. The average molecular weight is 348 g/mol. The van der Waals surface area contributed by atoms with E-state index in [1.165, 1.54) is 0 Å². The highest BCUT2D eigenvalue weighted by atomic mass is 16.3. The topological polar surface area (TPSA) is 62.6 Å². The number of benzene rings is 2. The summed E-state index contributed by atoms with van der Waals surface area (Å²) in [7, 11) is 0. The molecule has 5 nitrogen and oxygen atoms in total. The summed E-state index contributed by atoms with van der Waals surface area (Å²) >= 11 is 0. The Morgan fingerprint density at radius 3 is 2.62 bits per heavy atom. The van der Waals surface area contributed by atoms with Crippen LogP contribution in [0.5, 0.6) is 0 Å². The van der Waals surface area contributed by atoms with E-state index in [-0.39, 0.29) is 17.7 Å². The van der Waals surface area contributed by atoms with Gasteiger partial charge in [-0.2, -0.15) is 0 Å². The van der Waals surface area contributed by atoms with Crippen molar-refractivity contribution in [3.8, 4) is 0 Å². The van der Waals surface area contributed by atoms with Crippen molar-refractivity contribution in [2.24, 2.45) is 5.92 Å². The van der Waals surface area contributed by atoms with Crippen LogP contribution in [-0.2, 0) is 4.79 Å². The Balaban J connectivity index is 1.45. The number of hydrogen-bond acceptors (Lipinski definition) is 3. The molecule has 5 heteroatoms. The number of piperidine rings is 1. The third-order valence-corrected chi connectivity index (χ3v) is 4.76. The van der Waals surface area contributed by atoms with Gasteiger partial charge in [-0.3, -0.25) is 9.59 Å². The van der Waals surface area contributed by atoms with Crippen molar-refractivity contribution in [2.75, 3.05) is 18.4 Å². The molecule has 1 unspecified atom stereocenters. The van der Waals surface area contributed by atoms with Crippen molar-refractivity contribution in [1.29, 1.82) is 0 Å². The molecule has 2 amide bonds. The van der Waals surface area contributed by atoms with E-state index in [2.05, 4.69) is 5.32 Å². The van der Waals surface area contributed by atoms with Crippen molar-refractivity contribution in [2.45, 2.75) is 12.8 Å². The minimum absolute atomic E-state index is 0.0432. The minimum Gasteiger partial charge on any atom is -0.451 e. The van der Waals surface area contributed by atoms with Gasteiger partial charge in [0.15, 0.2) is 5.76 Å². The van der Waals surface area contributed by atoms with Gasteiger partial charge >= 0.3 is 0 Å². The van der Waals surface area contributed by atoms with Gasteiger partial charge in [-0.1, -0.05) is 36.4 Å². The molecular formula is C21H20N2O3. The fraction of sp³-hybridized carbons (Fsp3) is 0.238. The second-order valence-corrected chi connectivity index (χ2v) is 6.59. The lowest BCUT2D eigenvalue weighted by atomic mass is 9.96. The SMILES string of the molecule is O=C(Nc1ccccc1)C1CCCN(C(=O)c2cc3ccccc3o2)C1. The smallest absolute Gasteiger partial charge is 0.289 e. The molecule has 1 aliphatic heterocycles. The van der Waals surface area contributed by atoms with E-state index in [1.54, 1.807) is 11.0 Å². The van der Waals surface area contributed by atoms with E-state index in [4.69, 9.17) is 4.42 Å². The lowest BCUT2D eigenvalue weighted by molar-refractivity contribution is -0.121. The summed E-state index contributed by atoms with van der Waals surface area (Å²) < 4.78 is 5.68. The molecular weight excluding hydrogens is 328 g/mol. The Hall–Kier alpha value is -3.08. The van der Waals surface area contributed by atoms with Crippen LogP contribution in [0.15, 0.2) is 65.1 Å². The molecule has 4 rings (SSSR count). The van der Waals surface area contributed by atoms with Crippen LogP contribution in [0, 0.1) is 5.92 Å². The van der Waals surface area contributed by atoms with Gasteiger partial charge in [-0.15, -0.1) is 0 Å². The number of anilines is 1. The van der Waals surface area contributed by atoms with Crippen LogP contribution in [0.25, 0.3) is 11.0 Å². The second-order valence-electron chi connectivity index (χ2n) is 6.59. The zero-order valence-corrected chi connectivity index (χ0v) is 14.4. The molecule has 0 saturated carbocycles. The summed E-state index contributed by atoms with van der Waals surface area (Å²) in [6.07, 6.45) is 1.58. The van der Waals surface area contributed by atoms with E-state index in [0.29, 0.717) is 24.4 Å². The minimum atomic E-state index is -0.211. The zero-order chi connectivity index (χ0) is 17.9. The highest BCUT2D eigenvalue weighted by Crippen LogP contribution is 2.24. The lowest BCUT2D eigenvalue weighted by Gasteiger charge is -2.31. The Morgan fingerprint density at radius 1 is 1.04 bits per heavy atom. The summed E-state index contributed by atoms with van der Waals surface area (Å²) in [5.41, 5.74) is 1.48. The summed E-state index contributed by atoms with van der Waals surface area (Å²) in [6, 6.07) is 18.7. The summed E-state index contributed by atoms with van der Waals surface area (Å²) in [5.74, 6) is -0.0793. The first-order chi connectivity index (χ1) is 12.7. The largest absolute Gasteiger partial charge is 0.451 e. The fourth-order valence-corrected chi connectivity index (χ4v) is 3.38. The molecule has 1 aromatic heterocycles. The van der Waals surface area contributed by atoms with E-state index in [1.807, 2.05) is 54.6 Å². The number of carbonyl (C=O) groups excluding carboxylic acids is 2. The number of amides is 2. The van der Waals surface area contributed by atoms with Crippen LogP contribution in [0.3, 0.4) is 0 Å². The van der Waals surface area contributed by atoms with Crippen molar-refractivity contribution >= 4 is 28.5 Å². The number of rotatable bonds is 3. The maximum Gasteiger partial charge on any atom is 0.289 e. The molecule has 1 N–H and O–H groups in total. The molecule has 2 aromatic carbocycles. The molecule has 0 radical (unpaired) electrons. The van der Waals surface area contributed by atoms with Crippen LogP contribution in [0.1, 0.15) is 23.4 Å². The summed E-state index contributed by atoms with van der Waals surface area (Å²) in [5, 5.41) is 3.84. The van der Waals surface area contributed by atoms with E-state index >= 15 is 0 Å². The van der Waals surface area contributed by atoms with Gasteiger partial charge in [0, 0.05) is 24.2 Å². The molecule has 3 aromatic rings. The quantitative estimate of drug-likeness (QED) is 0.780. The number of nitrogens with one attached hydrogen (secondary N) is 1. The zero-order valence-electron chi connectivity index (χ0n) is 14.4.